The summed E-state index contributed by atoms with van der Waals surface area (Å²) in [5.74, 6) is 1.38. The predicted molar refractivity (Wildman–Crippen MR) is 119 cm³/mol. The van der Waals surface area contributed by atoms with Gasteiger partial charge in [0.1, 0.15) is 0 Å². The van der Waals surface area contributed by atoms with Crippen LogP contribution in [0.1, 0.15) is 56.4 Å². The average molecular weight is 413 g/mol. The van der Waals surface area contributed by atoms with Crippen molar-refractivity contribution >= 4 is 11.6 Å². The van der Waals surface area contributed by atoms with Gasteiger partial charge in [0.15, 0.2) is 0 Å². The first kappa shape index (κ1) is 21.5. The molecule has 0 bridgehead atoms. The van der Waals surface area contributed by atoms with Crippen molar-refractivity contribution < 1.29 is 14.6 Å². The number of carbonyl (C=O) groups excluding carboxylic acids is 1. The van der Waals surface area contributed by atoms with Gasteiger partial charge in [-0.3, -0.25) is 9.79 Å². The Labute approximate surface area is 180 Å². The molecule has 3 aliphatic rings. The van der Waals surface area contributed by atoms with Crippen LogP contribution in [-0.4, -0.2) is 61.6 Å². The molecule has 5 heteroatoms. The topological polar surface area (TPSA) is 62.1 Å². The van der Waals surface area contributed by atoms with Gasteiger partial charge in [-0.2, -0.15) is 0 Å². The minimum absolute atomic E-state index is 0.0525. The van der Waals surface area contributed by atoms with Gasteiger partial charge < -0.3 is 14.7 Å². The molecule has 5 nitrogen and oxygen atoms in total. The molecule has 1 aromatic rings. The lowest BCUT2D eigenvalue weighted by Crippen LogP contribution is -2.48. The third kappa shape index (κ3) is 4.94. The number of nitrogens with zero attached hydrogens (tertiary/aromatic N) is 2. The van der Waals surface area contributed by atoms with E-state index in [0.717, 1.165) is 64.6 Å². The molecule has 1 N–H and O–H groups in total. The average Bonchev–Trinajstić information content (AvgIpc) is 3.59. The van der Waals surface area contributed by atoms with Crippen LogP contribution in [0.25, 0.3) is 0 Å². The highest BCUT2D eigenvalue weighted by molar-refractivity contribution is 6.05. The van der Waals surface area contributed by atoms with Gasteiger partial charge in [-0.15, -0.1) is 0 Å². The van der Waals surface area contributed by atoms with Gasteiger partial charge in [0.2, 0.25) is 5.91 Å². The monoisotopic (exact) mass is 412 g/mol. The van der Waals surface area contributed by atoms with Gasteiger partial charge in [-0.1, -0.05) is 30.3 Å². The summed E-state index contributed by atoms with van der Waals surface area (Å²) in [6.45, 7) is 3.41. The zero-order valence-electron chi connectivity index (χ0n) is 18.3. The molecule has 4 rings (SSSR count). The molecular formula is C25H36N2O3. The normalized spacial score (nSPS) is 29.7. The van der Waals surface area contributed by atoms with Crippen LogP contribution in [0.2, 0.25) is 0 Å². The highest BCUT2D eigenvalue weighted by Crippen LogP contribution is 2.40. The summed E-state index contributed by atoms with van der Waals surface area (Å²) in [6.07, 6.45) is 6.82. The van der Waals surface area contributed by atoms with Crippen LogP contribution in [0.15, 0.2) is 35.3 Å². The zero-order chi connectivity index (χ0) is 21.0. The summed E-state index contributed by atoms with van der Waals surface area (Å²) in [5, 5.41) is 9.33. The number of ether oxygens (including phenoxy) is 1. The Morgan fingerprint density at radius 3 is 2.50 bits per heavy atom. The number of aliphatic hydroxyl groups excluding tert-OH is 1. The minimum Gasteiger partial charge on any atom is -0.396 e. The van der Waals surface area contributed by atoms with Crippen molar-refractivity contribution in [3.63, 3.8) is 0 Å². The fourth-order valence-electron chi connectivity index (χ4n) is 5.30. The number of aliphatic hydroxyl groups is 1. The van der Waals surface area contributed by atoms with Gasteiger partial charge in [0.05, 0.1) is 6.61 Å². The first-order chi connectivity index (χ1) is 14.6. The molecule has 0 radical (unpaired) electrons. The predicted octanol–water partition coefficient (Wildman–Crippen LogP) is 3.67. The molecule has 0 spiro atoms. The van der Waals surface area contributed by atoms with E-state index in [9.17, 15) is 9.90 Å². The number of hydrogen-bond acceptors (Lipinski definition) is 4. The Balaban J connectivity index is 1.30. The van der Waals surface area contributed by atoms with Crippen LogP contribution >= 0.6 is 0 Å². The fourth-order valence-corrected chi connectivity index (χ4v) is 5.30. The summed E-state index contributed by atoms with van der Waals surface area (Å²) in [7, 11) is 1.77. The van der Waals surface area contributed by atoms with Crippen molar-refractivity contribution in [3.05, 3.63) is 35.9 Å². The summed E-state index contributed by atoms with van der Waals surface area (Å²) >= 11 is 0. The molecule has 1 heterocycles. The van der Waals surface area contributed by atoms with E-state index in [2.05, 4.69) is 35.2 Å². The van der Waals surface area contributed by atoms with Gasteiger partial charge in [0, 0.05) is 56.3 Å². The van der Waals surface area contributed by atoms with Gasteiger partial charge in [-0.25, -0.2) is 0 Å². The summed E-state index contributed by atoms with van der Waals surface area (Å²) in [4.78, 5) is 20.1. The maximum absolute atomic E-state index is 13.0. The molecule has 1 aromatic carbocycles. The lowest BCUT2D eigenvalue weighted by molar-refractivity contribution is -0.139. The smallest absolute Gasteiger partial charge is 0.225 e. The molecule has 30 heavy (non-hydrogen) atoms. The number of rotatable bonds is 7. The Morgan fingerprint density at radius 1 is 1.17 bits per heavy atom. The third-order valence-corrected chi connectivity index (χ3v) is 7.52. The second-order valence-electron chi connectivity index (χ2n) is 9.63. The Kier molecular flexibility index (Phi) is 6.89. The third-order valence-electron chi connectivity index (χ3n) is 7.52. The lowest BCUT2D eigenvalue weighted by atomic mass is 9.77. The Hall–Kier alpha value is -1.72. The maximum Gasteiger partial charge on any atom is 0.225 e. The lowest BCUT2D eigenvalue weighted by Gasteiger charge is -2.42. The van der Waals surface area contributed by atoms with E-state index >= 15 is 0 Å². The van der Waals surface area contributed by atoms with Crippen LogP contribution in [0.4, 0.5) is 0 Å². The molecule has 1 atom stereocenters. The molecule has 2 aliphatic carbocycles. The Morgan fingerprint density at radius 2 is 1.87 bits per heavy atom. The first-order valence-corrected chi connectivity index (χ1v) is 11.6. The molecule has 1 unspecified atom stereocenters. The molecule has 1 saturated heterocycles. The van der Waals surface area contributed by atoms with Crippen molar-refractivity contribution in [2.45, 2.75) is 50.9 Å². The van der Waals surface area contributed by atoms with Crippen molar-refractivity contribution in [2.24, 2.45) is 22.2 Å². The molecule has 1 amide bonds. The van der Waals surface area contributed by atoms with E-state index in [1.165, 1.54) is 11.3 Å². The Bertz CT molecular complexity index is 732. The number of methoxy groups -OCH3 is 1. The number of hydrogen-bond donors (Lipinski definition) is 1. The van der Waals surface area contributed by atoms with Crippen LogP contribution in [0, 0.1) is 17.3 Å². The summed E-state index contributed by atoms with van der Waals surface area (Å²) < 4.78 is 5.59. The van der Waals surface area contributed by atoms with Crippen LogP contribution in [0.5, 0.6) is 0 Å². The van der Waals surface area contributed by atoms with Crippen molar-refractivity contribution in [1.82, 2.24) is 4.90 Å². The maximum atomic E-state index is 13.0. The SMILES string of the molecule is COCC1(CN=C2CC2c2ccccc2)CCN(C(=O)C2CCC(CO)CC2)CC1. The standard InChI is InChI=1S/C25H36N2O3/c1-30-18-25(17-26-23-15-22(23)20-5-3-2-4-6-20)11-13-27(14-12-25)24(29)21-9-7-19(16-28)8-10-21/h2-6,19,21-22,28H,7-18H2,1H3. The van der Waals surface area contributed by atoms with Crippen LogP contribution in [0.3, 0.4) is 0 Å². The van der Waals surface area contributed by atoms with E-state index in [1.54, 1.807) is 7.11 Å². The summed E-state index contributed by atoms with van der Waals surface area (Å²) in [5.41, 5.74) is 2.74. The molecule has 3 fully saturated rings. The van der Waals surface area contributed by atoms with E-state index in [4.69, 9.17) is 9.73 Å². The molecule has 164 valence electrons. The van der Waals surface area contributed by atoms with Gasteiger partial charge in [0.25, 0.3) is 0 Å². The van der Waals surface area contributed by atoms with Crippen LogP contribution in [-0.2, 0) is 9.53 Å². The number of benzene rings is 1. The number of likely N-dealkylation sites (tertiary alicyclic amines) is 1. The molecule has 0 aromatic heterocycles. The zero-order valence-corrected chi connectivity index (χ0v) is 18.3. The summed E-state index contributed by atoms with van der Waals surface area (Å²) in [6, 6.07) is 10.6. The number of carbonyl (C=O) groups is 1. The first-order valence-electron chi connectivity index (χ1n) is 11.6. The van der Waals surface area contributed by atoms with E-state index in [-0.39, 0.29) is 17.9 Å². The van der Waals surface area contributed by atoms with Crippen molar-refractivity contribution in [2.75, 3.05) is 40.0 Å². The second-order valence-corrected chi connectivity index (χ2v) is 9.63. The van der Waals surface area contributed by atoms with Gasteiger partial charge in [-0.05, 0) is 56.4 Å². The molecular weight excluding hydrogens is 376 g/mol. The van der Waals surface area contributed by atoms with Crippen LogP contribution < -0.4 is 0 Å². The van der Waals surface area contributed by atoms with E-state index in [1.807, 2.05) is 0 Å². The van der Waals surface area contributed by atoms with E-state index in [0.29, 0.717) is 24.3 Å². The highest BCUT2D eigenvalue weighted by Gasteiger charge is 2.40. The number of amides is 1. The van der Waals surface area contributed by atoms with Crippen molar-refractivity contribution in [1.29, 1.82) is 0 Å². The fraction of sp³-hybridized carbons (Fsp3) is 0.680. The highest BCUT2D eigenvalue weighted by atomic mass is 16.5. The van der Waals surface area contributed by atoms with Crippen molar-refractivity contribution in [3.8, 4) is 0 Å². The van der Waals surface area contributed by atoms with E-state index < -0.39 is 0 Å². The largest absolute Gasteiger partial charge is 0.396 e. The second kappa shape index (κ2) is 9.61. The number of piperidine rings is 1. The quantitative estimate of drug-likeness (QED) is 0.743. The van der Waals surface area contributed by atoms with Gasteiger partial charge >= 0.3 is 0 Å². The number of aliphatic imine (C=N–C) groups is 1. The molecule has 2 saturated carbocycles. The molecule has 1 aliphatic heterocycles. The minimum atomic E-state index is 0.0525.